The van der Waals surface area contributed by atoms with Crippen LogP contribution in [0.4, 0.5) is 5.95 Å². The molecule has 1 aromatic rings. The first-order valence-corrected chi connectivity index (χ1v) is 6.18. The third-order valence-electron chi connectivity index (χ3n) is 2.59. The number of anilines is 1. The van der Waals surface area contributed by atoms with Gasteiger partial charge < -0.3 is 21.1 Å². The molecule has 0 aliphatic heterocycles. The zero-order valence-electron chi connectivity index (χ0n) is 11.5. The molecule has 2 amide bonds. The van der Waals surface area contributed by atoms with E-state index in [1.165, 1.54) is 17.3 Å². The van der Waals surface area contributed by atoms with Gasteiger partial charge in [-0.25, -0.2) is 14.8 Å². The van der Waals surface area contributed by atoms with E-state index < -0.39 is 23.8 Å². The van der Waals surface area contributed by atoms with Gasteiger partial charge in [0, 0.05) is 25.9 Å². The average molecular weight is 295 g/mol. The molecule has 0 saturated carbocycles. The summed E-state index contributed by atoms with van der Waals surface area (Å²) in [4.78, 5) is 42.9. The molecule has 1 rings (SSSR count). The van der Waals surface area contributed by atoms with E-state index in [0.717, 1.165) is 0 Å². The molecule has 0 radical (unpaired) electrons. The maximum Gasteiger partial charge on any atom is 0.326 e. The van der Waals surface area contributed by atoms with Crippen molar-refractivity contribution >= 4 is 23.7 Å². The molecule has 1 atom stereocenters. The minimum Gasteiger partial charge on any atom is -0.480 e. The van der Waals surface area contributed by atoms with Crippen LogP contribution in [0.3, 0.4) is 0 Å². The number of nitrogens with one attached hydrogen (secondary N) is 1. The number of nitrogens with zero attached hydrogens (tertiary/aromatic N) is 3. The molecule has 0 fully saturated rings. The Morgan fingerprint density at radius 2 is 2.00 bits per heavy atom. The van der Waals surface area contributed by atoms with Gasteiger partial charge in [-0.1, -0.05) is 0 Å². The summed E-state index contributed by atoms with van der Waals surface area (Å²) in [6.07, 6.45) is 2.89. The van der Waals surface area contributed by atoms with Crippen LogP contribution < -0.4 is 16.0 Å². The first-order valence-electron chi connectivity index (χ1n) is 6.18. The Kier molecular flexibility index (Phi) is 6.05. The highest BCUT2D eigenvalue weighted by Gasteiger charge is 2.21. The molecule has 114 valence electrons. The van der Waals surface area contributed by atoms with Gasteiger partial charge in [0.2, 0.25) is 17.8 Å². The SMILES string of the molecule is CN(CC(=O)N[C@@H](CCC(N)=O)C(=O)O)c1ncccn1. The van der Waals surface area contributed by atoms with Gasteiger partial charge in [-0.3, -0.25) is 9.59 Å². The molecule has 1 aromatic heterocycles. The molecule has 0 unspecified atom stereocenters. The quantitative estimate of drug-likeness (QED) is 0.544. The number of aliphatic carboxylic acids is 1. The second-order valence-electron chi connectivity index (χ2n) is 4.37. The Morgan fingerprint density at radius 3 is 2.52 bits per heavy atom. The van der Waals surface area contributed by atoms with Crippen molar-refractivity contribution in [1.82, 2.24) is 15.3 Å². The molecule has 21 heavy (non-hydrogen) atoms. The monoisotopic (exact) mass is 295 g/mol. The number of likely N-dealkylation sites (N-methyl/N-ethyl adjacent to an activating group) is 1. The van der Waals surface area contributed by atoms with E-state index in [2.05, 4.69) is 15.3 Å². The van der Waals surface area contributed by atoms with Crippen LogP contribution in [0.5, 0.6) is 0 Å². The maximum atomic E-state index is 11.8. The number of carboxylic acids is 1. The first kappa shape index (κ1) is 16.3. The summed E-state index contributed by atoms with van der Waals surface area (Å²) in [5.41, 5.74) is 4.96. The maximum absolute atomic E-state index is 11.8. The molecule has 1 heterocycles. The van der Waals surface area contributed by atoms with Gasteiger partial charge in [0.15, 0.2) is 0 Å². The Hall–Kier alpha value is -2.71. The van der Waals surface area contributed by atoms with E-state index in [0.29, 0.717) is 5.95 Å². The van der Waals surface area contributed by atoms with Crippen LogP contribution in [0, 0.1) is 0 Å². The van der Waals surface area contributed by atoms with Crippen molar-refractivity contribution in [3.05, 3.63) is 18.5 Å². The van der Waals surface area contributed by atoms with Crippen LogP contribution in [0.2, 0.25) is 0 Å². The molecule has 0 bridgehead atoms. The van der Waals surface area contributed by atoms with Crippen LogP contribution in [-0.4, -0.2) is 52.5 Å². The number of rotatable bonds is 8. The van der Waals surface area contributed by atoms with Gasteiger partial charge in [0.05, 0.1) is 6.54 Å². The number of primary amides is 1. The lowest BCUT2D eigenvalue weighted by Gasteiger charge is -2.18. The highest BCUT2D eigenvalue weighted by molar-refractivity contribution is 5.86. The fourth-order valence-corrected chi connectivity index (χ4v) is 1.56. The van der Waals surface area contributed by atoms with Crippen LogP contribution in [-0.2, 0) is 14.4 Å². The Bertz CT molecular complexity index is 508. The predicted octanol–water partition coefficient (Wildman–Crippen LogP) is -1.25. The Balaban J connectivity index is 2.54. The van der Waals surface area contributed by atoms with Crippen molar-refractivity contribution in [2.75, 3.05) is 18.5 Å². The van der Waals surface area contributed by atoms with Crippen LogP contribution in [0.1, 0.15) is 12.8 Å². The highest BCUT2D eigenvalue weighted by atomic mass is 16.4. The van der Waals surface area contributed by atoms with Gasteiger partial charge in [0.1, 0.15) is 6.04 Å². The topological polar surface area (TPSA) is 139 Å². The molecule has 9 nitrogen and oxygen atoms in total. The summed E-state index contributed by atoms with van der Waals surface area (Å²) < 4.78 is 0. The highest BCUT2D eigenvalue weighted by Crippen LogP contribution is 2.02. The first-order chi connectivity index (χ1) is 9.90. The fraction of sp³-hybridized carbons (Fsp3) is 0.417. The predicted molar refractivity (Wildman–Crippen MR) is 73.3 cm³/mol. The summed E-state index contributed by atoms with van der Waals surface area (Å²) in [7, 11) is 1.61. The molecule has 0 aromatic carbocycles. The summed E-state index contributed by atoms with van der Waals surface area (Å²) in [6.45, 7) is -0.107. The van der Waals surface area contributed by atoms with E-state index >= 15 is 0 Å². The molecular weight excluding hydrogens is 278 g/mol. The van der Waals surface area contributed by atoms with E-state index in [4.69, 9.17) is 10.8 Å². The van der Waals surface area contributed by atoms with Crippen molar-refractivity contribution in [2.24, 2.45) is 5.73 Å². The summed E-state index contributed by atoms with van der Waals surface area (Å²) in [5.74, 6) is -2.01. The van der Waals surface area contributed by atoms with Crippen molar-refractivity contribution in [1.29, 1.82) is 0 Å². The van der Waals surface area contributed by atoms with Crippen molar-refractivity contribution in [2.45, 2.75) is 18.9 Å². The van der Waals surface area contributed by atoms with Gasteiger partial charge in [-0.2, -0.15) is 0 Å². The van der Waals surface area contributed by atoms with E-state index in [1.807, 2.05) is 0 Å². The zero-order valence-corrected chi connectivity index (χ0v) is 11.5. The number of hydrogen-bond acceptors (Lipinski definition) is 6. The van der Waals surface area contributed by atoms with Crippen molar-refractivity contribution in [3.8, 4) is 0 Å². The Morgan fingerprint density at radius 1 is 1.38 bits per heavy atom. The van der Waals surface area contributed by atoms with E-state index in [9.17, 15) is 14.4 Å². The molecule has 0 aliphatic carbocycles. The molecule has 9 heteroatoms. The summed E-state index contributed by atoms with van der Waals surface area (Å²) in [6, 6.07) is 0.483. The minimum absolute atomic E-state index is 0.0536. The average Bonchev–Trinajstić information content (AvgIpc) is 2.43. The smallest absolute Gasteiger partial charge is 0.326 e. The van der Waals surface area contributed by atoms with Gasteiger partial charge >= 0.3 is 5.97 Å². The van der Waals surface area contributed by atoms with Crippen LogP contribution in [0.15, 0.2) is 18.5 Å². The normalized spacial score (nSPS) is 11.5. The van der Waals surface area contributed by atoms with Gasteiger partial charge in [0.25, 0.3) is 0 Å². The van der Waals surface area contributed by atoms with Gasteiger partial charge in [-0.05, 0) is 12.5 Å². The summed E-state index contributed by atoms with van der Waals surface area (Å²) in [5, 5.41) is 11.3. The Labute approximate surface area is 121 Å². The van der Waals surface area contributed by atoms with Crippen molar-refractivity contribution in [3.63, 3.8) is 0 Å². The number of carbonyl (C=O) groups excluding carboxylic acids is 2. The number of hydrogen-bond donors (Lipinski definition) is 3. The molecule has 0 saturated heterocycles. The number of amides is 2. The number of carboxylic acid groups (broad SMARTS) is 1. The third kappa shape index (κ3) is 5.85. The number of carbonyl (C=O) groups is 3. The van der Waals surface area contributed by atoms with Crippen LogP contribution >= 0.6 is 0 Å². The molecular formula is C12H17N5O4. The lowest BCUT2D eigenvalue weighted by molar-refractivity contribution is -0.142. The number of aromatic nitrogens is 2. The second kappa shape index (κ2) is 7.78. The zero-order chi connectivity index (χ0) is 15.8. The second-order valence-corrected chi connectivity index (χ2v) is 4.37. The molecule has 0 spiro atoms. The number of nitrogens with two attached hydrogens (primary N) is 1. The van der Waals surface area contributed by atoms with E-state index in [1.54, 1.807) is 13.1 Å². The standard InChI is InChI=1S/C12H17N5O4/c1-17(12-14-5-2-6-15-12)7-10(19)16-8(11(20)21)3-4-9(13)18/h2,5-6,8H,3-4,7H2,1H3,(H2,13,18)(H,16,19)(H,20,21)/t8-/m0/s1. The lowest BCUT2D eigenvalue weighted by Crippen LogP contribution is -2.45. The molecule has 4 N–H and O–H groups in total. The molecule has 0 aliphatic rings. The van der Waals surface area contributed by atoms with E-state index in [-0.39, 0.29) is 19.4 Å². The summed E-state index contributed by atoms with van der Waals surface area (Å²) >= 11 is 0. The minimum atomic E-state index is -1.22. The van der Waals surface area contributed by atoms with Gasteiger partial charge in [-0.15, -0.1) is 0 Å². The third-order valence-corrected chi connectivity index (χ3v) is 2.59. The van der Waals surface area contributed by atoms with Crippen molar-refractivity contribution < 1.29 is 19.5 Å². The fourth-order valence-electron chi connectivity index (χ4n) is 1.56. The van der Waals surface area contributed by atoms with Crippen LogP contribution in [0.25, 0.3) is 0 Å². The lowest BCUT2D eigenvalue weighted by atomic mass is 10.1. The largest absolute Gasteiger partial charge is 0.480 e.